The normalized spacial score (nSPS) is 39.3. The molecule has 19 heavy (non-hydrogen) atoms. The molecule has 0 N–H and O–H groups in total. The molecule has 3 aliphatic rings. The summed E-state index contributed by atoms with van der Waals surface area (Å²) in [5.41, 5.74) is 1.76. The van der Waals surface area contributed by atoms with Crippen molar-refractivity contribution in [2.24, 2.45) is 23.2 Å². The average molecular weight is 257 g/mol. The SMILES string of the molecule is CCCC1C2CCC23CN(c2cc(C)ncn2)CC13. The second kappa shape index (κ2) is 3.94. The van der Waals surface area contributed by atoms with Crippen LogP contribution in [0.4, 0.5) is 5.82 Å². The third kappa shape index (κ3) is 1.44. The van der Waals surface area contributed by atoms with Crippen LogP contribution in [0.1, 0.15) is 38.3 Å². The van der Waals surface area contributed by atoms with E-state index in [2.05, 4.69) is 34.8 Å². The molecule has 1 saturated heterocycles. The largest absolute Gasteiger partial charge is 0.356 e. The molecule has 4 unspecified atom stereocenters. The zero-order valence-electron chi connectivity index (χ0n) is 12.0. The number of aryl methyl sites for hydroxylation is 1. The van der Waals surface area contributed by atoms with Crippen LogP contribution in [0, 0.1) is 30.1 Å². The summed E-state index contributed by atoms with van der Waals surface area (Å²) in [5.74, 6) is 4.13. The molecule has 0 aromatic carbocycles. The molecule has 2 heterocycles. The second-order valence-electron chi connectivity index (χ2n) is 6.84. The highest BCUT2D eigenvalue weighted by Gasteiger charge is 2.69. The highest BCUT2D eigenvalue weighted by atomic mass is 15.2. The van der Waals surface area contributed by atoms with Crippen molar-refractivity contribution in [3.63, 3.8) is 0 Å². The maximum atomic E-state index is 4.48. The van der Waals surface area contributed by atoms with E-state index in [0.717, 1.165) is 29.3 Å². The topological polar surface area (TPSA) is 29.0 Å². The van der Waals surface area contributed by atoms with Crippen LogP contribution in [0.2, 0.25) is 0 Å². The third-order valence-corrected chi connectivity index (χ3v) is 6.07. The fourth-order valence-corrected chi connectivity index (χ4v) is 5.18. The number of nitrogens with zero attached hydrogens (tertiary/aromatic N) is 3. The van der Waals surface area contributed by atoms with Gasteiger partial charge in [0.05, 0.1) is 0 Å². The van der Waals surface area contributed by atoms with Crippen LogP contribution in [0.25, 0.3) is 0 Å². The van der Waals surface area contributed by atoms with Crippen LogP contribution in [0.15, 0.2) is 12.4 Å². The van der Waals surface area contributed by atoms with E-state index in [-0.39, 0.29) is 0 Å². The van der Waals surface area contributed by atoms with Gasteiger partial charge in [0.25, 0.3) is 0 Å². The van der Waals surface area contributed by atoms with Gasteiger partial charge in [0.1, 0.15) is 12.1 Å². The molecule has 3 heteroatoms. The van der Waals surface area contributed by atoms with Gasteiger partial charge in [0.2, 0.25) is 0 Å². The van der Waals surface area contributed by atoms with Gasteiger partial charge in [-0.3, -0.25) is 0 Å². The Morgan fingerprint density at radius 2 is 2.26 bits per heavy atom. The van der Waals surface area contributed by atoms with Crippen molar-refractivity contribution in [3.05, 3.63) is 18.1 Å². The minimum absolute atomic E-state index is 0.679. The summed E-state index contributed by atoms with van der Waals surface area (Å²) >= 11 is 0. The smallest absolute Gasteiger partial charge is 0.132 e. The molecule has 102 valence electrons. The molecule has 2 saturated carbocycles. The summed E-state index contributed by atoms with van der Waals surface area (Å²) in [6, 6.07) is 2.14. The van der Waals surface area contributed by atoms with Crippen molar-refractivity contribution in [1.29, 1.82) is 0 Å². The fraction of sp³-hybridized carbons (Fsp3) is 0.750. The van der Waals surface area contributed by atoms with E-state index >= 15 is 0 Å². The Labute approximate surface area is 115 Å². The van der Waals surface area contributed by atoms with E-state index in [4.69, 9.17) is 0 Å². The molecule has 0 bridgehead atoms. The Morgan fingerprint density at radius 3 is 2.95 bits per heavy atom. The third-order valence-electron chi connectivity index (χ3n) is 6.07. The van der Waals surface area contributed by atoms with Gasteiger partial charge in [-0.05, 0) is 42.9 Å². The number of anilines is 1. The van der Waals surface area contributed by atoms with Crippen molar-refractivity contribution < 1.29 is 0 Å². The van der Waals surface area contributed by atoms with Gasteiger partial charge in [-0.25, -0.2) is 9.97 Å². The van der Waals surface area contributed by atoms with E-state index in [0.29, 0.717) is 5.41 Å². The van der Waals surface area contributed by atoms with Gasteiger partial charge in [0.15, 0.2) is 0 Å². The molecule has 1 spiro atoms. The number of hydrogen-bond acceptors (Lipinski definition) is 3. The molecule has 4 rings (SSSR count). The summed E-state index contributed by atoms with van der Waals surface area (Å²) in [6.07, 6.45) is 7.44. The first-order chi connectivity index (χ1) is 9.24. The molecule has 4 atom stereocenters. The van der Waals surface area contributed by atoms with Crippen molar-refractivity contribution in [2.45, 2.75) is 39.5 Å². The lowest BCUT2D eigenvalue weighted by Gasteiger charge is -2.66. The first kappa shape index (κ1) is 11.7. The molecule has 0 radical (unpaired) electrons. The Morgan fingerprint density at radius 1 is 1.37 bits per heavy atom. The molecule has 0 amide bonds. The van der Waals surface area contributed by atoms with Crippen LogP contribution in [0.3, 0.4) is 0 Å². The van der Waals surface area contributed by atoms with Crippen molar-refractivity contribution in [2.75, 3.05) is 18.0 Å². The van der Waals surface area contributed by atoms with Gasteiger partial charge in [-0.2, -0.15) is 0 Å². The summed E-state index contributed by atoms with van der Waals surface area (Å²) < 4.78 is 0. The van der Waals surface area contributed by atoms with E-state index in [1.165, 1.54) is 38.8 Å². The summed E-state index contributed by atoms with van der Waals surface area (Å²) in [4.78, 5) is 11.2. The lowest BCUT2D eigenvalue weighted by Crippen LogP contribution is -2.62. The fourth-order valence-electron chi connectivity index (χ4n) is 5.18. The first-order valence-corrected chi connectivity index (χ1v) is 7.78. The maximum absolute atomic E-state index is 4.48. The zero-order chi connectivity index (χ0) is 13.0. The van der Waals surface area contributed by atoms with Crippen LogP contribution in [0.5, 0.6) is 0 Å². The minimum Gasteiger partial charge on any atom is -0.356 e. The van der Waals surface area contributed by atoms with Crippen LogP contribution < -0.4 is 4.90 Å². The molecular weight excluding hydrogens is 234 g/mol. The lowest BCUT2D eigenvalue weighted by molar-refractivity contribution is -0.170. The van der Waals surface area contributed by atoms with Crippen LogP contribution in [-0.2, 0) is 0 Å². The summed E-state index contributed by atoms with van der Waals surface area (Å²) in [7, 11) is 0. The maximum Gasteiger partial charge on any atom is 0.132 e. The van der Waals surface area contributed by atoms with Crippen molar-refractivity contribution in [1.82, 2.24) is 9.97 Å². The van der Waals surface area contributed by atoms with E-state index in [1.807, 2.05) is 0 Å². The summed E-state index contributed by atoms with van der Waals surface area (Å²) in [6.45, 7) is 6.87. The molecule has 1 aliphatic heterocycles. The van der Waals surface area contributed by atoms with E-state index in [9.17, 15) is 0 Å². The Kier molecular flexibility index (Phi) is 2.42. The Bertz CT molecular complexity index is 501. The molecule has 3 nitrogen and oxygen atoms in total. The number of aromatic nitrogens is 2. The van der Waals surface area contributed by atoms with Crippen molar-refractivity contribution >= 4 is 5.82 Å². The second-order valence-corrected chi connectivity index (χ2v) is 6.84. The van der Waals surface area contributed by atoms with Crippen LogP contribution in [-0.4, -0.2) is 23.1 Å². The molecule has 1 aromatic heterocycles. The highest BCUT2D eigenvalue weighted by molar-refractivity contribution is 5.43. The molecule has 1 aromatic rings. The van der Waals surface area contributed by atoms with Gasteiger partial charge in [-0.1, -0.05) is 19.8 Å². The minimum atomic E-state index is 0.679. The molecule has 2 aliphatic carbocycles. The summed E-state index contributed by atoms with van der Waals surface area (Å²) in [5, 5.41) is 0. The number of rotatable bonds is 3. The standard InChI is InChI=1S/C16H23N3/c1-3-4-12-13-5-6-16(13)9-19(8-14(12)16)15-7-11(2)17-10-18-15/h7,10,12-14H,3-6,8-9H2,1-2H3. The average Bonchev–Trinajstić information content (AvgIpc) is 2.77. The van der Waals surface area contributed by atoms with E-state index < -0.39 is 0 Å². The van der Waals surface area contributed by atoms with E-state index in [1.54, 1.807) is 6.33 Å². The van der Waals surface area contributed by atoms with Crippen LogP contribution >= 0.6 is 0 Å². The number of hydrogen-bond donors (Lipinski definition) is 0. The zero-order valence-corrected chi connectivity index (χ0v) is 12.0. The monoisotopic (exact) mass is 257 g/mol. The van der Waals surface area contributed by atoms with Crippen molar-refractivity contribution in [3.8, 4) is 0 Å². The van der Waals surface area contributed by atoms with Gasteiger partial charge in [0, 0.05) is 24.8 Å². The Balaban J connectivity index is 1.57. The lowest BCUT2D eigenvalue weighted by atomic mass is 9.38. The van der Waals surface area contributed by atoms with Gasteiger partial charge in [-0.15, -0.1) is 0 Å². The van der Waals surface area contributed by atoms with Gasteiger partial charge < -0.3 is 4.90 Å². The van der Waals surface area contributed by atoms with Gasteiger partial charge >= 0.3 is 0 Å². The predicted octanol–water partition coefficient (Wildman–Crippen LogP) is 3.05. The molecule has 3 fully saturated rings. The quantitative estimate of drug-likeness (QED) is 0.833. The highest BCUT2D eigenvalue weighted by Crippen LogP contribution is 2.71. The Hall–Kier alpha value is -1.12. The molecular formula is C16H23N3. The predicted molar refractivity (Wildman–Crippen MR) is 76.0 cm³/mol. The first-order valence-electron chi connectivity index (χ1n) is 7.78.